The van der Waals surface area contributed by atoms with Gasteiger partial charge in [-0.2, -0.15) is 0 Å². The van der Waals surface area contributed by atoms with E-state index in [1.54, 1.807) is 12.0 Å². The summed E-state index contributed by atoms with van der Waals surface area (Å²) in [4.78, 5) is 16.2. The van der Waals surface area contributed by atoms with Gasteiger partial charge in [0.25, 0.3) is 0 Å². The fourth-order valence-corrected chi connectivity index (χ4v) is 3.04. The van der Waals surface area contributed by atoms with Crippen molar-refractivity contribution >= 4 is 11.7 Å². The molecule has 0 unspecified atom stereocenters. The summed E-state index contributed by atoms with van der Waals surface area (Å²) in [5.74, 6) is -0.603. The summed E-state index contributed by atoms with van der Waals surface area (Å²) in [6, 6.07) is 10.8. The van der Waals surface area contributed by atoms with Gasteiger partial charge in [0, 0.05) is 38.8 Å². The number of nitrogens with one attached hydrogen (secondary N) is 1. The van der Waals surface area contributed by atoms with Crippen LogP contribution in [0.15, 0.2) is 42.5 Å². The summed E-state index contributed by atoms with van der Waals surface area (Å²) >= 11 is 0. The summed E-state index contributed by atoms with van der Waals surface area (Å²) in [5.41, 5.74) is 1.23. The zero-order chi connectivity index (χ0) is 19.2. The molecule has 1 N–H and O–H groups in total. The highest BCUT2D eigenvalue weighted by Gasteiger charge is 2.21. The fourth-order valence-electron chi connectivity index (χ4n) is 3.04. The van der Waals surface area contributed by atoms with Gasteiger partial charge >= 0.3 is 6.03 Å². The molecule has 0 radical (unpaired) electrons. The van der Waals surface area contributed by atoms with Gasteiger partial charge in [-0.05, 0) is 36.2 Å². The minimum atomic E-state index is -0.776. The van der Waals surface area contributed by atoms with E-state index >= 15 is 0 Å². The number of halogens is 2. The van der Waals surface area contributed by atoms with Crippen molar-refractivity contribution in [3.8, 4) is 5.75 Å². The third-order valence-electron chi connectivity index (χ3n) is 4.71. The van der Waals surface area contributed by atoms with Gasteiger partial charge in [0.1, 0.15) is 17.4 Å². The SMILES string of the molecule is COc1ccc(CCN2CCN(C(=O)Nc3ccc(F)cc3F)CC2)cc1. The Labute approximate surface area is 157 Å². The van der Waals surface area contributed by atoms with E-state index in [-0.39, 0.29) is 11.7 Å². The van der Waals surface area contributed by atoms with Gasteiger partial charge in [-0.1, -0.05) is 12.1 Å². The first-order valence-electron chi connectivity index (χ1n) is 8.91. The summed E-state index contributed by atoms with van der Waals surface area (Å²) in [6.07, 6.45) is 0.928. The summed E-state index contributed by atoms with van der Waals surface area (Å²) in [6.45, 7) is 3.56. The molecule has 0 atom stereocenters. The molecule has 0 bridgehead atoms. The lowest BCUT2D eigenvalue weighted by Gasteiger charge is -2.34. The zero-order valence-electron chi connectivity index (χ0n) is 15.3. The number of nitrogens with zero attached hydrogens (tertiary/aromatic N) is 2. The molecule has 2 aromatic rings. The van der Waals surface area contributed by atoms with Crippen molar-refractivity contribution < 1.29 is 18.3 Å². The largest absolute Gasteiger partial charge is 0.497 e. The molecule has 2 aromatic carbocycles. The van der Waals surface area contributed by atoms with Crippen molar-refractivity contribution in [1.29, 1.82) is 0 Å². The van der Waals surface area contributed by atoms with Crippen LogP contribution in [0.4, 0.5) is 19.3 Å². The molecule has 0 saturated carbocycles. The quantitative estimate of drug-likeness (QED) is 0.872. The van der Waals surface area contributed by atoms with E-state index in [1.165, 1.54) is 11.6 Å². The van der Waals surface area contributed by atoms with Crippen LogP contribution in [0, 0.1) is 11.6 Å². The van der Waals surface area contributed by atoms with E-state index in [0.29, 0.717) is 13.1 Å². The zero-order valence-corrected chi connectivity index (χ0v) is 15.3. The van der Waals surface area contributed by atoms with Crippen molar-refractivity contribution in [2.45, 2.75) is 6.42 Å². The van der Waals surface area contributed by atoms with Crippen molar-refractivity contribution in [3.63, 3.8) is 0 Å². The molecule has 1 heterocycles. The van der Waals surface area contributed by atoms with Crippen LogP contribution in [0.25, 0.3) is 0 Å². The van der Waals surface area contributed by atoms with Crippen molar-refractivity contribution in [1.82, 2.24) is 9.80 Å². The summed E-state index contributed by atoms with van der Waals surface area (Å²) < 4.78 is 31.8. The highest BCUT2D eigenvalue weighted by molar-refractivity contribution is 5.89. The monoisotopic (exact) mass is 375 g/mol. The number of urea groups is 1. The first-order chi connectivity index (χ1) is 13.0. The lowest BCUT2D eigenvalue weighted by atomic mass is 10.1. The molecule has 1 aliphatic heterocycles. The number of anilines is 1. The van der Waals surface area contributed by atoms with E-state index in [2.05, 4.69) is 22.3 Å². The molecule has 1 aliphatic rings. The Kier molecular flexibility index (Phi) is 6.24. The number of hydrogen-bond donors (Lipinski definition) is 1. The number of ether oxygens (including phenoxy) is 1. The fraction of sp³-hybridized carbons (Fsp3) is 0.350. The second-order valence-electron chi connectivity index (χ2n) is 6.48. The van der Waals surface area contributed by atoms with Gasteiger partial charge in [-0.15, -0.1) is 0 Å². The van der Waals surface area contributed by atoms with Crippen LogP contribution in [-0.4, -0.2) is 55.7 Å². The Hall–Kier alpha value is -2.67. The van der Waals surface area contributed by atoms with Gasteiger partial charge in [-0.3, -0.25) is 4.90 Å². The first kappa shape index (κ1) is 19.1. The molecule has 0 aliphatic carbocycles. The average Bonchev–Trinajstić information content (AvgIpc) is 2.69. The van der Waals surface area contributed by atoms with E-state index < -0.39 is 11.6 Å². The van der Waals surface area contributed by atoms with Gasteiger partial charge in [0.15, 0.2) is 0 Å². The van der Waals surface area contributed by atoms with Gasteiger partial charge < -0.3 is 15.0 Å². The molecule has 7 heteroatoms. The lowest BCUT2D eigenvalue weighted by Crippen LogP contribution is -2.50. The number of piperazine rings is 1. The van der Waals surface area contributed by atoms with E-state index in [1.807, 2.05) is 12.1 Å². The smallest absolute Gasteiger partial charge is 0.322 e. The van der Waals surface area contributed by atoms with Crippen LogP contribution in [-0.2, 0) is 6.42 Å². The molecule has 27 heavy (non-hydrogen) atoms. The normalized spacial score (nSPS) is 14.9. The molecule has 0 spiro atoms. The maximum atomic E-state index is 13.7. The highest BCUT2D eigenvalue weighted by Crippen LogP contribution is 2.16. The number of carbonyl (C=O) groups excluding carboxylic acids is 1. The van der Waals surface area contributed by atoms with Crippen LogP contribution in [0.1, 0.15) is 5.56 Å². The van der Waals surface area contributed by atoms with Crippen LogP contribution >= 0.6 is 0 Å². The Bertz CT molecular complexity index is 775. The van der Waals surface area contributed by atoms with Gasteiger partial charge in [-0.25, -0.2) is 13.6 Å². The highest BCUT2D eigenvalue weighted by atomic mass is 19.1. The second kappa shape index (κ2) is 8.81. The number of hydrogen-bond acceptors (Lipinski definition) is 3. The number of benzene rings is 2. The minimum Gasteiger partial charge on any atom is -0.497 e. The van der Waals surface area contributed by atoms with Crippen molar-refractivity contribution in [3.05, 3.63) is 59.7 Å². The van der Waals surface area contributed by atoms with E-state index in [4.69, 9.17) is 4.74 Å². The number of methoxy groups -OCH3 is 1. The molecule has 0 aromatic heterocycles. The Morgan fingerprint density at radius 3 is 2.41 bits per heavy atom. The maximum absolute atomic E-state index is 13.7. The molecule has 2 amide bonds. The Morgan fingerprint density at radius 1 is 1.07 bits per heavy atom. The number of amides is 2. The molecular formula is C20H23F2N3O2. The second-order valence-corrected chi connectivity index (χ2v) is 6.48. The first-order valence-corrected chi connectivity index (χ1v) is 8.91. The van der Waals surface area contributed by atoms with Crippen molar-refractivity contribution in [2.24, 2.45) is 0 Å². The van der Waals surface area contributed by atoms with Gasteiger partial charge in [0.2, 0.25) is 0 Å². The standard InChI is InChI=1S/C20H23F2N3O2/c1-27-17-5-2-15(3-6-17)8-9-24-10-12-25(13-11-24)20(26)23-19-7-4-16(21)14-18(19)22/h2-7,14H,8-13H2,1H3,(H,23,26). The Balaban J connectivity index is 1.44. The molecule has 144 valence electrons. The average molecular weight is 375 g/mol. The summed E-state index contributed by atoms with van der Waals surface area (Å²) in [5, 5.41) is 2.51. The molecule has 5 nitrogen and oxygen atoms in total. The van der Waals surface area contributed by atoms with Gasteiger partial charge in [0.05, 0.1) is 12.8 Å². The number of rotatable bonds is 5. The maximum Gasteiger partial charge on any atom is 0.322 e. The lowest BCUT2D eigenvalue weighted by molar-refractivity contribution is 0.148. The predicted molar refractivity (Wildman–Crippen MR) is 100 cm³/mol. The summed E-state index contributed by atoms with van der Waals surface area (Å²) in [7, 11) is 1.65. The van der Waals surface area contributed by atoms with E-state index in [9.17, 15) is 13.6 Å². The topological polar surface area (TPSA) is 44.8 Å². The number of carbonyl (C=O) groups is 1. The van der Waals surface area contributed by atoms with Crippen LogP contribution in [0.3, 0.4) is 0 Å². The third-order valence-corrected chi connectivity index (χ3v) is 4.71. The van der Waals surface area contributed by atoms with Crippen LogP contribution in [0.5, 0.6) is 5.75 Å². The van der Waals surface area contributed by atoms with Crippen LogP contribution in [0.2, 0.25) is 0 Å². The van der Waals surface area contributed by atoms with Crippen molar-refractivity contribution in [2.75, 3.05) is 45.2 Å². The van der Waals surface area contributed by atoms with Crippen LogP contribution < -0.4 is 10.1 Å². The van der Waals surface area contributed by atoms with E-state index in [0.717, 1.165) is 43.9 Å². The Morgan fingerprint density at radius 2 is 1.78 bits per heavy atom. The third kappa shape index (κ3) is 5.17. The molecule has 3 rings (SSSR count). The molecular weight excluding hydrogens is 352 g/mol. The molecule has 1 fully saturated rings. The minimum absolute atomic E-state index is 0.0108. The molecule has 1 saturated heterocycles. The predicted octanol–water partition coefficient (Wildman–Crippen LogP) is 3.37.